The first-order chi connectivity index (χ1) is 9.55. The maximum Gasteiger partial charge on any atom is 1.20 e. The van der Waals surface area contributed by atoms with Gasteiger partial charge in [-0.1, -0.05) is 0 Å². The molecule has 0 saturated carbocycles. The lowest BCUT2D eigenvalue weighted by Gasteiger charge is -2.24. The molecular weight excluding hydrogens is 321 g/mol. The van der Waals surface area contributed by atoms with Crippen molar-refractivity contribution in [2.75, 3.05) is 0 Å². The fourth-order valence-corrected chi connectivity index (χ4v) is 1.92. The van der Waals surface area contributed by atoms with Gasteiger partial charge in [0.1, 0.15) is 0 Å². The molecule has 0 amide bonds. The topological polar surface area (TPSA) is 313 Å². The van der Waals surface area contributed by atoms with Crippen molar-refractivity contribution in [1.29, 1.82) is 0 Å². The summed E-state index contributed by atoms with van der Waals surface area (Å²) in [6.45, 7) is 0. The first kappa shape index (κ1) is 20.6. The van der Waals surface area contributed by atoms with E-state index < -0.39 is 50.4 Å². The Morgan fingerprint density at radius 1 is 0.545 bits per heavy atom. The summed E-state index contributed by atoms with van der Waals surface area (Å²) in [4.78, 5) is 34.2. The van der Waals surface area contributed by atoms with Crippen molar-refractivity contribution in [3.05, 3.63) is 0 Å². The number of carbonyl (C=O) groups excluding carboxylic acids is 3. The van der Waals surface area contributed by atoms with E-state index in [1.54, 1.807) is 0 Å². The van der Waals surface area contributed by atoms with Crippen molar-refractivity contribution in [2.24, 2.45) is 51.6 Å². The smallest absolute Gasteiger partial charge is 0.547 e. The molecule has 22 heavy (non-hydrogen) atoms. The highest BCUT2D eigenvalue weighted by Gasteiger charge is 2.54. The van der Waals surface area contributed by atoms with E-state index in [0.29, 0.717) is 0 Å². The molecule has 0 aliphatic heterocycles. The first-order valence-electron chi connectivity index (χ1n) is 5.28. The predicted molar refractivity (Wildman–Crippen MR) is 69.9 cm³/mol. The minimum absolute atomic E-state index is 1.49. The van der Waals surface area contributed by atoms with Gasteiger partial charge in [-0.3, -0.25) is 66.0 Å². The van der Waals surface area contributed by atoms with Gasteiger partial charge in [-0.25, -0.2) is 0 Å². The van der Waals surface area contributed by atoms with Crippen LogP contribution in [0.3, 0.4) is 0 Å². The van der Waals surface area contributed by atoms with Crippen molar-refractivity contribution in [3.63, 3.8) is 0 Å². The van der Waals surface area contributed by atoms with Crippen molar-refractivity contribution in [1.82, 2.24) is 0 Å². The molecule has 0 spiro atoms. The van der Waals surface area contributed by atoms with E-state index in [4.69, 9.17) is 51.6 Å². The second-order valence-corrected chi connectivity index (χ2v) is 5.59. The van der Waals surface area contributed by atoms with Crippen LogP contribution < -0.4 is 51.6 Å². The van der Waals surface area contributed by atoms with Gasteiger partial charge in [0.05, 0.1) is 0 Å². The molecule has 0 bridgehead atoms. The molecule has 0 rings (SSSR count). The minimum atomic E-state index is -3.98. The number of hydrogen-bond acceptors (Lipinski definition) is 15. The molecule has 0 fully saturated rings. The van der Waals surface area contributed by atoms with Gasteiger partial charge >= 0.3 is 33.1 Å². The van der Waals surface area contributed by atoms with E-state index in [1.807, 2.05) is 0 Å². The van der Waals surface area contributed by atoms with Gasteiger partial charge in [0.2, 0.25) is 17.4 Å². The van der Waals surface area contributed by atoms with Crippen molar-refractivity contribution in [2.45, 2.75) is 17.4 Å². The molecule has 16 heteroatoms. The maximum absolute atomic E-state index is 11.4. The van der Waals surface area contributed by atoms with Crippen LogP contribution in [0.15, 0.2) is 0 Å². The summed E-state index contributed by atoms with van der Waals surface area (Å²) in [7, 11) is 0. The Morgan fingerprint density at radius 3 is 0.864 bits per heavy atom. The summed E-state index contributed by atoms with van der Waals surface area (Å²) in [6, 6.07) is 0. The molecule has 15 nitrogen and oxygen atoms in total. The zero-order valence-electron chi connectivity index (χ0n) is 11.2. The molecule has 0 unspecified atom stereocenters. The average Bonchev–Trinajstić information content (AvgIpc) is 2.24. The van der Waals surface area contributed by atoms with E-state index in [-0.39, 0.29) is 0 Å². The van der Waals surface area contributed by atoms with Gasteiger partial charge in [-0.15, -0.1) is 0 Å². The highest BCUT2D eigenvalue weighted by Crippen LogP contribution is 2.02. The Balaban J connectivity index is 5.12. The van der Waals surface area contributed by atoms with Crippen LogP contribution in [0.5, 0.6) is 0 Å². The largest absolute Gasteiger partial charge is 1.20 e. The van der Waals surface area contributed by atoms with Crippen LogP contribution in [0.2, 0.25) is 0 Å². The van der Waals surface area contributed by atoms with Gasteiger partial charge in [0.15, 0.2) is 0 Å². The van der Waals surface area contributed by atoms with Crippen LogP contribution in [0.25, 0.3) is 0 Å². The molecule has 0 aliphatic carbocycles. The van der Waals surface area contributed by atoms with E-state index in [1.165, 1.54) is 0 Å². The summed E-state index contributed by atoms with van der Waals surface area (Å²) in [6.07, 6.45) is 0. The van der Waals surface area contributed by atoms with Crippen LogP contribution in [0.4, 0.5) is 0 Å². The van der Waals surface area contributed by atoms with E-state index >= 15 is 0 Å². The number of rotatable bonds is 6. The van der Waals surface area contributed by atoms with Gasteiger partial charge in [-0.05, 0) is 0 Å². The molecule has 0 aliphatic rings. The van der Waals surface area contributed by atoms with Gasteiger partial charge in [-0.2, -0.15) is 0 Å². The highest BCUT2D eigenvalue weighted by molar-refractivity contribution is 6.44. The Labute approximate surface area is 128 Å². The Kier molecular flexibility index (Phi) is 6.34. The molecule has 0 aromatic carbocycles. The lowest BCUT2D eigenvalue weighted by atomic mass is 10.4. The molecule has 0 aromatic rings. The second kappa shape index (κ2) is 6.78. The average molecular weight is 339 g/mol. The first-order valence-corrected chi connectivity index (χ1v) is 6.69. The van der Waals surface area contributed by atoms with Crippen molar-refractivity contribution < 1.29 is 25.7 Å². The molecule has 0 saturated heterocycles. The van der Waals surface area contributed by atoms with E-state index in [9.17, 15) is 14.4 Å². The SMILES string of the molecule is NC(N)(N)C(=O)[O][Al]([O]C(=O)C(N)(N)N)[O]C(=O)C(N)(N)N. The third-order valence-corrected chi connectivity index (χ3v) is 2.89. The standard InChI is InChI=1S/3C2H7N3O2.Al/c3*3-2(4,5)1(6)7;/h3*3-5H2,(H,6,7);/q;;;+3/p-3. The zero-order chi connectivity index (χ0) is 17.9. The van der Waals surface area contributed by atoms with Crippen LogP contribution in [-0.4, -0.2) is 50.4 Å². The van der Waals surface area contributed by atoms with E-state index in [2.05, 4.69) is 11.4 Å². The fourth-order valence-electron chi connectivity index (χ4n) is 0.641. The monoisotopic (exact) mass is 339 g/mol. The summed E-state index contributed by atoms with van der Waals surface area (Å²) in [5.74, 6) is -11.9. The fraction of sp³-hybridized carbons (Fsp3) is 0.500. The molecular formula is C6H18AlN9O6. The van der Waals surface area contributed by atoms with E-state index in [0.717, 1.165) is 0 Å². The normalized spacial score (nSPS) is 12.4. The molecule has 0 aromatic heterocycles. The van der Waals surface area contributed by atoms with Crippen LogP contribution >= 0.6 is 0 Å². The molecule has 0 heterocycles. The van der Waals surface area contributed by atoms with Crippen molar-refractivity contribution in [3.8, 4) is 0 Å². The third kappa shape index (κ3) is 7.03. The molecule has 0 radical (unpaired) electrons. The van der Waals surface area contributed by atoms with Gasteiger partial charge in [0, 0.05) is 0 Å². The van der Waals surface area contributed by atoms with Crippen LogP contribution in [0.1, 0.15) is 0 Å². The third-order valence-electron chi connectivity index (χ3n) is 1.67. The lowest BCUT2D eigenvalue weighted by Crippen LogP contribution is -2.69. The number of nitrogens with two attached hydrogens (primary N) is 9. The summed E-state index contributed by atoms with van der Waals surface area (Å²) >= 11 is -3.98. The Morgan fingerprint density at radius 2 is 0.727 bits per heavy atom. The highest BCUT2D eigenvalue weighted by atomic mass is 27.3. The van der Waals surface area contributed by atoms with Gasteiger partial charge in [0.25, 0.3) is 0 Å². The second-order valence-electron chi connectivity index (χ2n) is 4.30. The summed E-state index contributed by atoms with van der Waals surface area (Å²) in [5.41, 5.74) is 45.3. The minimum Gasteiger partial charge on any atom is -0.547 e. The summed E-state index contributed by atoms with van der Waals surface area (Å²) < 4.78 is 13.4. The number of hydrogen-bond donors (Lipinski definition) is 9. The molecule has 126 valence electrons. The molecule has 0 atom stereocenters. The molecule has 18 N–H and O–H groups in total. The predicted octanol–water partition coefficient (Wildman–Crippen LogP) is -7.81. The lowest BCUT2D eigenvalue weighted by molar-refractivity contribution is -0.154. The Hall–Kier alpha value is -1.42. The van der Waals surface area contributed by atoms with Gasteiger partial charge < -0.3 is 11.4 Å². The van der Waals surface area contributed by atoms with Crippen LogP contribution in [-0.2, 0) is 25.7 Å². The zero-order valence-corrected chi connectivity index (χ0v) is 12.4. The van der Waals surface area contributed by atoms with Crippen LogP contribution in [0, 0.1) is 0 Å². The quantitative estimate of drug-likeness (QED) is 0.160. The number of carbonyl (C=O) groups is 3. The maximum atomic E-state index is 11.4. The summed E-state index contributed by atoms with van der Waals surface area (Å²) in [5, 5.41) is 0. The van der Waals surface area contributed by atoms with Crippen molar-refractivity contribution >= 4 is 33.1 Å². The Bertz CT molecular complexity index is 384.